The van der Waals surface area contributed by atoms with E-state index >= 15 is 0 Å². The van der Waals surface area contributed by atoms with E-state index in [1.807, 2.05) is 54.5 Å². The molecular weight excluding hydrogens is 252 g/mol. The lowest BCUT2D eigenvalue weighted by Crippen LogP contribution is -2.44. The zero-order chi connectivity index (χ0) is 15.6. The minimum atomic E-state index is -0.493. The average Bonchev–Trinajstić information content (AvgIpc) is 2.21. The Balaban J connectivity index is 2.94. The van der Waals surface area contributed by atoms with Crippen LogP contribution in [0.25, 0.3) is 0 Å². The van der Waals surface area contributed by atoms with Crippen molar-refractivity contribution in [1.82, 2.24) is 4.98 Å². The highest BCUT2D eigenvalue weighted by atomic mass is 16.6. The molecule has 0 saturated carbocycles. The molecule has 0 bridgehead atoms. The van der Waals surface area contributed by atoms with Gasteiger partial charge in [0.2, 0.25) is 0 Å². The number of anilines is 1. The van der Waals surface area contributed by atoms with Crippen LogP contribution in [0.15, 0.2) is 18.5 Å². The van der Waals surface area contributed by atoms with Crippen molar-refractivity contribution in [2.45, 2.75) is 60.1 Å². The van der Waals surface area contributed by atoms with Gasteiger partial charge in [-0.25, -0.2) is 4.79 Å². The molecule has 1 heterocycles. The SMILES string of the molecule is Cc1cncc(NC(C(=O)OC(C)(C)C)C(C)(C)C)c1. The lowest BCUT2D eigenvalue weighted by atomic mass is 9.86. The molecule has 112 valence electrons. The number of ether oxygens (including phenoxy) is 1. The van der Waals surface area contributed by atoms with E-state index in [1.165, 1.54) is 0 Å². The maximum absolute atomic E-state index is 12.4. The lowest BCUT2D eigenvalue weighted by molar-refractivity contribution is -0.158. The van der Waals surface area contributed by atoms with Crippen molar-refractivity contribution >= 4 is 11.7 Å². The van der Waals surface area contributed by atoms with Crippen LogP contribution in [-0.4, -0.2) is 22.6 Å². The van der Waals surface area contributed by atoms with E-state index in [4.69, 9.17) is 4.74 Å². The van der Waals surface area contributed by atoms with Crippen molar-refractivity contribution in [2.24, 2.45) is 5.41 Å². The first-order valence-electron chi connectivity index (χ1n) is 6.90. The Morgan fingerprint density at radius 3 is 2.25 bits per heavy atom. The van der Waals surface area contributed by atoms with Crippen molar-refractivity contribution in [3.63, 3.8) is 0 Å². The summed E-state index contributed by atoms with van der Waals surface area (Å²) >= 11 is 0. The van der Waals surface area contributed by atoms with Gasteiger partial charge >= 0.3 is 5.97 Å². The molecule has 4 nitrogen and oxygen atoms in total. The van der Waals surface area contributed by atoms with Gasteiger partial charge in [-0.05, 0) is 44.7 Å². The summed E-state index contributed by atoms with van der Waals surface area (Å²) in [6.45, 7) is 13.6. The van der Waals surface area contributed by atoms with Crippen molar-refractivity contribution in [1.29, 1.82) is 0 Å². The molecule has 20 heavy (non-hydrogen) atoms. The van der Waals surface area contributed by atoms with E-state index in [0.717, 1.165) is 11.3 Å². The monoisotopic (exact) mass is 278 g/mol. The predicted molar refractivity (Wildman–Crippen MR) is 81.7 cm³/mol. The second-order valence-electron chi connectivity index (χ2n) is 7.23. The minimum absolute atomic E-state index is 0.244. The molecular formula is C16H26N2O2. The summed E-state index contributed by atoms with van der Waals surface area (Å²) in [5, 5.41) is 3.25. The number of esters is 1. The molecule has 0 aliphatic rings. The molecule has 0 fully saturated rings. The Morgan fingerprint density at radius 1 is 1.20 bits per heavy atom. The van der Waals surface area contributed by atoms with Crippen LogP contribution in [0.1, 0.15) is 47.1 Å². The number of rotatable bonds is 3. The van der Waals surface area contributed by atoms with Crippen LogP contribution < -0.4 is 5.32 Å². The number of aryl methyl sites for hydroxylation is 1. The number of nitrogens with zero attached hydrogens (tertiary/aromatic N) is 1. The van der Waals surface area contributed by atoms with E-state index < -0.39 is 11.6 Å². The van der Waals surface area contributed by atoms with Crippen molar-refractivity contribution in [3.8, 4) is 0 Å². The van der Waals surface area contributed by atoms with Gasteiger partial charge in [-0.3, -0.25) is 4.98 Å². The fourth-order valence-corrected chi connectivity index (χ4v) is 1.79. The van der Waals surface area contributed by atoms with Crippen molar-refractivity contribution in [2.75, 3.05) is 5.32 Å². The number of carbonyl (C=O) groups is 1. The zero-order valence-electron chi connectivity index (χ0n) is 13.6. The van der Waals surface area contributed by atoms with Gasteiger partial charge in [-0.1, -0.05) is 20.8 Å². The molecule has 1 aromatic rings. The smallest absolute Gasteiger partial charge is 0.329 e. The quantitative estimate of drug-likeness (QED) is 0.859. The molecule has 0 aliphatic carbocycles. The molecule has 0 saturated heterocycles. The molecule has 4 heteroatoms. The Labute approximate surface area is 121 Å². The van der Waals surface area contributed by atoms with E-state index in [-0.39, 0.29) is 11.4 Å². The molecule has 0 spiro atoms. The molecule has 1 atom stereocenters. The van der Waals surface area contributed by atoms with Crippen LogP contribution in [-0.2, 0) is 9.53 Å². The third kappa shape index (κ3) is 5.19. The number of carbonyl (C=O) groups excluding carboxylic acids is 1. The van der Waals surface area contributed by atoms with Crippen LogP contribution >= 0.6 is 0 Å². The molecule has 0 amide bonds. The molecule has 0 radical (unpaired) electrons. The van der Waals surface area contributed by atoms with Crippen LogP contribution in [0, 0.1) is 12.3 Å². The summed E-state index contributed by atoms with van der Waals surface area (Å²) < 4.78 is 5.51. The van der Waals surface area contributed by atoms with Gasteiger partial charge in [0.05, 0.1) is 5.69 Å². The molecule has 1 unspecified atom stereocenters. The number of nitrogens with one attached hydrogen (secondary N) is 1. The minimum Gasteiger partial charge on any atom is -0.458 e. The highest BCUT2D eigenvalue weighted by Crippen LogP contribution is 2.26. The van der Waals surface area contributed by atoms with Gasteiger partial charge in [0, 0.05) is 12.4 Å². The second-order valence-corrected chi connectivity index (χ2v) is 7.23. The summed E-state index contributed by atoms with van der Waals surface area (Å²) in [7, 11) is 0. The Bertz CT molecular complexity index is 470. The van der Waals surface area contributed by atoms with E-state index in [1.54, 1.807) is 12.4 Å². The van der Waals surface area contributed by atoms with Gasteiger partial charge in [0.15, 0.2) is 0 Å². The van der Waals surface area contributed by atoms with Crippen LogP contribution in [0.3, 0.4) is 0 Å². The van der Waals surface area contributed by atoms with Crippen LogP contribution in [0.5, 0.6) is 0 Å². The first-order valence-corrected chi connectivity index (χ1v) is 6.90. The first-order chi connectivity index (χ1) is 8.99. The largest absolute Gasteiger partial charge is 0.458 e. The number of hydrogen-bond donors (Lipinski definition) is 1. The lowest BCUT2D eigenvalue weighted by Gasteiger charge is -2.33. The van der Waals surface area contributed by atoms with Gasteiger partial charge < -0.3 is 10.1 Å². The number of pyridine rings is 1. The first kappa shape index (κ1) is 16.5. The summed E-state index contributed by atoms with van der Waals surface area (Å²) in [5.74, 6) is -0.244. The van der Waals surface area contributed by atoms with Gasteiger partial charge in [0.1, 0.15) is 11.6 Å². The normalized spacial score (nSPS) is 13.8. The zero-order valence-corrected chi connectivity index (χ0v) is 13.6. The van der Waals surface area contributed by atoms with Crippen molar-refractivity contribution in [3.05, 3.63) is 24.0 Å². The maximum Gasteiger partial charge on any atom is 0.329 e. The van der Waals surface area contributed by atoms with Crippen LogP contribution in [0.4, 0.5) is 5.69 Å². The summed E-state index contributed by atoms with van der Waals surface area (Å²) in [6.07, 6.45) is 3.50. The Morgan fingerprint density at radius 2 is 1.80 bits per heavy atom. The summed E-state index contributed by atoms with van der Waals surface area (Å²) in [6, 6.07) is 1.54. The number of aromatic nitrogens is 1. The molecule has 1 N–H and O–H groups in total. The Kier molecular flexibility index (Phi) is 4.79. The molecule has 0 aliphatic heterocycles. The standard InChI is InChI=1S/C16H26N2O2/c1-11-8-12(10-17-9-11)18-13(15(2,3)4)14(19)20-16(5,6)7/h8-10,13,18H,1-7H3. The number of hydrogen-bond acceptors (Lipinski definition) is 4. The molecule has 1 rings (SSSR count). The summed E-state index contributed by atoms with van der Waals surface area (Å²) in [4.78, 5) is 16.5. The van der Waals surface area contributed by atoms with Crippen LogP contribution in [0.2, 0.25) is 0 Å². The Hall–Kier alpha value is -1.58. The third-order valence-electron chi connectivity index (χ3n) is 2.69. The van der Waals surface area contributed by atoms with E-state index in [0.29, 0.717) is 0 Å². The average molecular weight is 278 g/mol. The fourth-order valence-electron chi connectivity index (χ4n) is 1.79. The molecule has 1 aromatic heterocycles. The van der Waals surface area contributed by atoms with Crippen molar-refractivity contribution < 1.29 is 9.53 Å². The maximum atomic E-state index is 12.4. The fraction of sp³-hybridized carbons (Fsp3) is 0.625. The van der Waals surface area contributed by atoms with Gasteiger partial charge in [-0.2, -0.15) is 0 Å². The second kappa shape index (κ2) is 5.81. The summed E-state index contributed by atoms with van der Waals surface area (Å²) in [5.41, 5.74) is 1.13. The van der Waals surface area contributed by atoms with E-state index in [9.17, 15) is 4.79 Å². The van der Waals surface area contributed by atoms with E-state index in [2.05, 4.69) is 10.3 Å². The highest BCUT2D eigenvalue weighted by molar-refractivity contribution is 5.80. The third-order valence-corrected chi connectivity index (χ3v) is 2.69. The predicted octanol–water partition coefficient (Wildman–Crippen LogP) is 3.56. The molecule has 0 aromatic carbocycles. The van der Waals surface area contributed by atoms with Gasteiger partial charge in [0.25, 0.3) is 0 Å². The van der Waals surface area contributed by atoms with Gasteiger partial charge in [-0.15, -0.1) is 0 Å². The highest BCUT2D eigenvalue weighted by Gasteiger charge is 2.34. The topological polar surface area (TPSA) is 51.2 Å².